The van der Waals surface area contributed by atoms with Gasteiger partial charge in [-0.1, -0.05) is 18.2 Å². The molecule has 0 spiro atoms. The number of carbonyl (C=O) groups is 1. The van der Waals surface area contributed by atoms with Gasteiger partial charge in [0.2, 0.25) is 5.91 Å². The second-order valence-corrected chi connectivity index (χ2v) is 5.33. The standard InChI is InChI=1S/C16H25N3O/c1-4-18(5-2)16(20)12(3)19-11-10-14(17)13-8-6-7-9-15(13)19/h6-9,12,14H,4-5,10-11,17H2,1-3H3. The Kier molecular flexibility index (Phi) is 4.65. The van der Waals surface area contributed by atoms with E-state index in [0.29, 0.717) is 0 Å². The van der Waals surface area contributed by atoms with E-state index < -0.39 is 0 Å². The van der Waals surface area contributed by atoms with Crippen LogP contribution >= 0.6 is 0 Å². The summed E-state index contributed by atoms with van der Waals surface area (Å²) in [5, 5.41) is 0. The van der Waals surface area contributed by atoms with Crippen molar-refractivity contribution in [1.29, 1.82) is 0 Å². The molecular formula is C16H25N3O. The first-order valence-electron chi connectivity index (χ1n) is 7.50. The lowest BCUT2D eigenvalue weighted by atomic mass is 9.96. The molecule has 1 aliphatic heterocycles. The van der Waals surface area contributed by atoms with Crippen LogP contribution in [0, 0.1) is 0 Å². The van der Waals surface area contributed by atoms with Crippen LogP contribution in [0.2, 0.25) is 0 Å². The molecule has 2 rings (SSSR count). The Labute approximate surface area is 121 Å². The predicted molar refractivity (Wildman–Crippen MR) is 82.7 cm³/mol. The van der Waals surface area contributed by atoms with Gasteiger partial charge >= 0.3 is 0 Å². The van der Waals surface area contributed by atoms with Gasteiger partial charge in [-0.2, -0.15) is 0 Å². The van der Waals surface area contributed by atoms with Crippen LogP contribution in [0.25, 0.3) is 0 Å². The number of nitrogens with zero attached hydrogens (tertiary/aromatic N) is 2. The second-order valence-electron chi connectivity index (χ2n) is 5.33. The minimum Gasteiger partial charge on any atom is -0.359 e. The second kappa shape index (κ2) is 6.27. The number of hydrogen-bond donors (Lipinski definition) is 1. The summed E-state index contributed by atoms with van der Waals surface area (Å²) in [5.41, 5.74) is 8.44. The maximum absolute atomic E-state index is 12.5. The molecule has 0 fully saturated rings. The summed E-state index contributed by atoms with van der Waals surface area (Å²) >= 11 is 0. The van der Waals surface area contributed by atoms with Crippen LogP contribution in [-0.2, 0) is 4.79 Å². The van der Waals surface area contributed by atoms with Gasteiger partial charge in [0.15, 0.2) is 0 Å². The van der Waals surface area contributed by atoms with Crippen molar-refractivity contribution in [3.8, 4) is 0 Å². The lowest BCUT2D eigenvalue weighted by Crippen LogP contribution is -2.49. The molecule has 110 valence electrons. The molecule has 2 unspecified atom stereocenters. The minimum absolute atomic E-state index is 0.0817. The molecule has 0 saturated carbocycles. The number of para-hydroxylation sites is 1. The number of likely N-dealkylation sites (N-methyl/N-ethyl adjacent to an activating group) is 1. The third-order valence-corrected chi connectivity index (χ3v) is 4.23. The molecule has 4 nitrogen and oxygen atoms in total. The number of hydrogen-bond acceptors (Lipinski definition) is 3. The van der Waals surface area contributed by atoms with Crippen LogP contribution in [0.1, 0.15) is 38.8 Å². The summed E-state index contributed by atoms with van der Waals surface area (Å²) < 4.78 is 0. The van der Waals surface area contributed by atoms with Crippen LogP contribution in [-0.4, -0.2) is 36.5 Å². The zero-order chi connectivity index (χ0) is 14.7. The number of benzene rings is 1. The van der Waals surface area contributed by atoms with Gasteiger partial charge in [0, 0.05) is 31.4 Å². The quantitative estimate of drug-likeness (QED) is 0.916. The lowest BCUT2D eigenvalue weighted by Gasteiger charge is -2.39. The van der Waals surface area contributed by atoms with Gasteiger partial charge in [-0.25, -0.2) is 0 Å². The first kappa shape index (κ1) is 14.9. The first-order valence-corrected chi connectivity index (χ1v) is 7.50. The van der Waals surface area contributed by atoms with Crippen molar-refractivity contribution < 1.29 is 4.79 Å². The van der Waals surface area contributed by atoms with Crippen LogP contribution in [0.15, 0.2) is 24.3 Å². The average Bonchev–Trinajstić information content (AvgIpc) is 2.48. The van der Waals surface area contributed by atoms with E-state index in [4.69, 9.17) is 5.73 Å². The zero-order valence-corrected chi connectivity index (χ0v) is 12.7. The highest BCUT2D eigenvalue weighted by molar-refractivity contribution is 5.85. The van der Waals surface area contributed by atoms with E-state index in [1.807, 2.05) is 37.8 Å². The molecule has 4 heteroatoms. The molecule has 0 radical (unpaired) electrons. The van der Waals surface area contributed by atoms with Gasteiger partial charge in [-0.05, 0) is 38.8 Å². The third-order valence-electron chi connectivity index (χ3n) is 4.23. The summed E-state index contributed by atoms with van der Waals surface area (Å²) in [4.78, 5) is 16.6. The Morgan fingerprint density at radius 2 is 2.05 bits per heavy atom. The molecule has 20 heavy (non-hydrogen) atoms. The highest BCUT2D eigenvalue weighted by Gasteiger charge is 2.30. The summed E-state index contributed by atoms with van der Waals surface area (Å²) in [6.07, 6.45) is 0.896. The largest absolute Gasteiger partial charge is 0.359 e. The fourth-order valence-corrected chi connectivity index (χ4v) is 2.95. The molecule has 0 bridgehead atoms. The summed E-state index contributed by atoms with van der Waals surface area (Å²) in [5.74, 6) is 0.195. The van der Waals surface area contributed by atoms with Crippen LogP contribution in [0.5, 0.6) is 0 Å². The Morgan fingerprint density at radius 1 is 1.40 bits per heavy atom. The number of nitrogens with two attached hydrogens (primary N) is 1. The zero-order valence-electron chi connectivity index (χ0n) is 12.7. The molecule has 2 N–H and O–H groups in total. The highest BCUT2D eigenvalue weighted by atomic mass is 16.2. The molecule has 1 amide bonds. The van der Waals surface area contributed by atoms with Gasteiger partial charge < -0.3 is 15.5 Å². The number of carbonyl (C=O) groups excluding carboxylic acids is 1. The fraction of sp³-hybridized carbons (Fsp3) is 0.562. The Hall–Kier alpha value is -1.55. The summed E-state index contributed by atoms with van der Waals surface area (Å²) in [6, 6.07) is 8.11. The van der Waals surface area contributed by atoms with E-state index in [2.05, 4.69) is 17.0 Å². The maximum atomic E-state index is 12.5. The molecular weight excluding hydrogens is 250 g/mol. The predicted octanol–water partition coefficient (Wildman–Crippen LogP) is 2.15. The van der Waals surface area contributed by atoms with Gasteiger partial charge in [0.25, 0.3) is 0 Å². The topological polar surface area (TPSA) is 49.6 Å². The van der Waals surface area contributed by atoms with E-state index in [9.17, 15) is 4.79 Å². The van der Waals surface area contributed by atoms with Crippen molar-refractivity contribution in [2.75, 3.05) is 24.5 Å². The van der Waals surface area contributed by atoms with Crippen molar-refractivity contribution >= 4 is 11.6 Å². The minimum atomic E-state index is -0.136. The van der Waals surface area contributed by atoms with Gasteiger partial charge in [0.05, 0.1) is 0 Å². The SMILES string of the molecule is CCN(CC)C(=O)C(C)N1CCC(N)c2ccccc21. The molecule has 0 aromatic heterocycles. The van der Waals surface area contributed by atoms with Crippen molar-refractivity contribution in [3.05, 3.63) is 29.8 Å². The number of amides is 1. The molecule has 0 aliphatic carbocycles. The molecule has 1 heterocycles. The fourth-order valence-electron chi connectivity index (χ4n) is 2.95. The molecule has 1 aromatic rings. The smallest absolute Gasteiger partial charge is 0.244 e. The number of rotatable bonds is 4. The van der Waals surface area contributed by atoms with Crippen molar-refractivity contribution in [3.63, 3.8) is 0 Å². The third kappa shape index (κ3) is 2.66. The van der Waals surface area contributed by atoms with Crippen LogP contribution in [0.4, 0.5) is 5.69 Å². The number of fused-ring (bicyclic) bond motifs is 1. The Bertz CT molecular complexity index is 471. The van der Waals surface area contributed by atoms with E-state index >= 15 is 0 Å². The van der Waals surface area contributed by atoms with E-state index in [1.54, 1.807) is 0 Å². The van der Waals surface area contributed by atoms with Gasteiger partial charge in [0.1, 0.15) is 6.04 Å². The monoisotopic (exact) mass is 275 g/mol. The van der Waals surface area contributed by atoms with E-state index in [0.717, 1.165) is 37.3 Å². The Balaban J connectivity index is 2.25. The van der Waals surface area contributed by atoms with Crippen molar-refractivity contribution in [2.24, 2.45) is 5.73 Å². The van der Waals surface area contributed by atoms with Crippen LogP contribution in [0.3, 0.4) is 0 Å². The molecule has 2 atom stereocenters. The van der Waals surface area contributed by atoms with Crippen molar-refractivity contribution in [2.45, 2.75) is 39.3 Å². The summed E-state index contributed by atoms with van der Waals surface area (Å²) in [6.45, 7) is 8.40. The normalized spacial score (nSPS) is 19.4. The van der Waals surface area contributed by atoms with Gasteiger partial charge in [-0.15, -0.1) is 0 Å². The van der Waals surface area contributed by atoms with Crippen LogP contribution < -0.4 is 10.6 Å². The lowest BCUT2D eigenvalue weighted by molar-refractivity contribution is -0.131. The van der Waals surface area contributed by atoms with Gasteiger partial charge in [-0.3, -0.25) is 4.79 Å². The first-order chi connectivity index (χ1) is 9.60. The highest BCUT2D eigenvalue weighted by Crippen LogP contribution is 2.33. The molecule has 0 saturated heterocycles. The van der Waals surface area contributed by atoms with E-state index in [1.165, 1.54) is 0 Å². The Morgan fingerprint density at radius 3 is 2.70 bits per heavy atom. The van der Waals surface area contributed by atoms with Crippen molar-refractivity contribution in [1.82, 2.24) is 4.90 Å². The number of anilines is 1. The average molecular weight is 275 g/mol. The molecule has 1 aliphatic rings. The van der Waals surface area contributed by atoms with E-state index in [-0.39, 0.29) is 18.0 Å². The molecule has 1 aromatic carbocycles. The summed E-state index contributed by atoms with van der Waals surface area (Å²) in [7, 11) is 0. The maximum Gasteiger partial charge on any atom is 0.244 e.